The maximum absolute atomic E-state index is 12.4. The summed E-state index contributed by atoms with van der Waals surface area (Å²) in [4.78, 5) is 12.4. The average Bonchev–Trinajstić information content (AvgIpc) is 2.36. The summed E-state index contributed by atoms with van der Waals surface area (Å²) < 4.78 is 2.70. The fourth-order valence-corrected chi connectivity index (χ4v) is 4.04. The topological polar surface area (TPSA) is 29.1 Å². The molecule has 0 atom stereocenters. The van der Waals surface area contributed by atoms with E-state index in [0.717, 1.165) is 29.3 Å². The smallest absolute Gasteiger partial charge is 0.256 e. The van der Waals surface area contributed by atoms with Crippen molar-refractivity contribution in [1.82, 2.24) is 0 Å². The second-order valence-electron chi connectivity index (χ2n) is 4.49. The van der Waals surface area contributed by atoms with Gasteiger partial charge in [0.1, 0.15) is 0 Å². The zero-order chi connectivity index (χ0) is 14.9. The highest BCUT2D eigenvalue weighted by Gasteiger charge is 2.14. The molecule has 2 nitrogen and oxygen atoms in total. The molecule has 0 fully saturated rings. The zero-order valence-corrected chi connectivity index (χ0v) is 16.3. The molecule has 0 saturated carbocycles. The molecule has 0 aliphatic carbocycles. The van der Waals surface area contributed by atoms with Crippen LogP contribution in [0.1, 0.15) is 21.5 Å². The lowest BCUT2D eigenvalue weighted by molar-refractivity contribution is 0.102. The molecule has 0 spiro atoms. The number of carbonyl (C=O) groups excluding carboxylic acids is 1. The van der Waals surface area contributed by atoms with E-state index >= 15 is 0 Å². The lowest BCUT2D eigenvalue weighted by Crippen LogP contribution is -2.14. The van der Waals surface area contributed by atoms with Gasteiger partial charge in [0.2, 0.25) is 0 Å². The lowest BCUT2D eigenvalue weighted by Gasteiger charge is -2.12. The lowest BCUT2D eigenvalue weighted by atomic mass is 10.1. The van der Waals surface area contributed by atoms with Gasteiger partial charge in [-0.2, -0.15) is 0 Å². The van der Waals surface area contributed by atoms with Gasteiger partial charge in [0, 0.05) is 12.5 Å². The Morgan fingerprint density at radius 1 is 1.15 bits per heavy atom. The van der Waals surface area contributed by atoms with Crippen LogP contribution in [-0.4, -0.2) is 5.91 Å². The third kappa shape index (κ3) is 3.43. The van der Waals surface area contributed by atoms with Crippen molar-refractivity contribution in [3.05, 3.63) is 59.5 Å². The highest BCUT2D eigenvalue weighted by Crippen LogP contribution is 2.33. The van der Waals surface area contributed by atoms with Crippen LogP contribution in [0.3, 0.4) is 0 Å². The van der Waals surface area contributed by atoms with Crippen molar-refractivity contribution in [1.29, 1.82) is 0 Å². The van der Waals surface area contributed by atoms with E-state index in [2.05, 4.69) is 59.8 Å². The van der Waals surface area contributed by atoms with Crippen molar-refractivity contribution in [3.8, 4) is 0 Å². The first-order valence-electron chi connectivity index (χ1n) is 5.92. The number of hydrogen-bond donors (Lipinski definition) is 1. The van der Waals surface area contributed by atoms with E-state index in [4.69, 9.17) is 0 Å². The van der Waals surface area contributed by atoms with Crippen LogP contribution in [0.4, 0.5) is 5.69 Å². The predicted octanol–water partition coefficient (Wildman–Crippen LogP) is 5.69. The first kappa shape index (κ1) is 16.0. The maximum atomic E-state index is 12.4. The van der Waals surface area contributed by atoms with Crippen LogP contribution in [0, 0.1) is 17.4 Å². The van der Waals surface area contributed by atoms with Gasteiger partial charge < -0.3 is 5.32 Å². The average molecular weight is 509 g/mol. The summed E-state index contributed by atoms with van der Waals surface area (Å²) in [5.74, 6) is -0.108. The van der Waals surface area contributed by atoms with E-state index in [9.17, 15) is 4.79 Å². The number of carbonyl (C=O) groups is 1. The van der Waals surface area contributed by atoms with Crippen molar-refractivity contribution in [3.63, 3.8) is 0 Å². The largest absolute Gasteiger partial charge is 0.320 e. The summed E-state index contributed by atoms with van der Waals surface area (Å²) in [5, 5.41) is 2.95. The van der Waals surface area contributed by atoms with Crippen LogP contribution in [0.5, 0.6) is 0 Å². The van der Waals surface area contributed by atoms with Crippen molar-refractivity contribution in [2.75, 3.05) is 5.32 Å². The van der Waals surface area contributed by atoms with Gasteiger partial charge in [-0.15, -0.1) is 0 Å². The minimum Gasteiger partial charge on any atom is -0.320 e. The minimum absolute atomic E-state index is 0.108. The number of amides is 1. The standard InChI is InChI=1S/C15H12Br2INO/c1-8-6-11(16)14(12(17)7-8)19-15(20)10-5-3-4-9(2)13(10)18/h3-7H,1-2H3,(H,19,20). The number of nitrogens with one attached hydrogen (secondary N) is 1. The monoisotopic (exact) mass is 507 g/mol. The maximum Gasteiger partial charge on any atom is 0.256 e. The third-order valence-electron chi connectivity index (χ3n) is 2.86. The highest BCUT2D eigenvalue weighted by atomic mass is 127. The molecule has 2 aromatic carbocycles. The Hall–Kier alpha value is -0.400. The summed E-state index contributed by atoms with van der Waals surface area (Å²) in [6.45, 7) is 4.00. The molecule has 0 radical (unpaired) electrons. The Labute approximate surface area is 148 Å². The Kier molecular flexibility index (Phi) is 5.25. The molecule has 0 saturated heterocycles. The van der Waals surface area contributed by atoms with Gasteiger partial charge in [-0.05, 0) is 97.6 Å². The quantitative estimate of drug-likeness (QED) is 0.519. The number of aryl methyl sites for hydroxylation is 2. The van der Waals surface area contributed by atoms with E-state index in [0.29, 0.717) is 5.56 Å². The summed E-state index contributed by atoms with van der Waals surface area (Å²) in [6, 6.07) is 9.67. The van der Waals surface area contributed by atoms with Gasteiger partial charge in [0.15, 0.2) is 0 Å². The van der Waals surface area contributed by atoms with E-state index < -0.39 is 0 Å². The third-order valence-corrected chi connectivity index (χ3v) is 5.54. The van der Waals surface area contributed by atoms with E-state index in [1.54, 1.807) is 0 Å². The van der Waals surface area contributed by atoms with Gasteiger partial charge in [0.05, 0.1) is 11.3 Å². The van der Waals surface area contributed by atoms with Gasteiger partial charge >= 0.3 is 0 Å². The summed E-state index contributed by atoms with van der Waals surface area (Å²) in [5.41, 5.74) is 3.65. The van der Waals surface area contributed by atoms with Gasteiger partial charge in [-0.25, -0.2) is 0 Å². The highest BCUT2D eigenvalue weighted by molar-refractivity contribution is 14.1. The molecular formula is C15H12Br2INO. The molecule has 20 heavy (non-hydrogen) atoms. The molecule has 2 aromatic rings. The SMILES string of the molecule is Cc1cc(Br)c(NC(=O)c2cccc(C)c2I)c(Br)c1. The Morgan fingerprint density at radius 2 is 1.75 bits per heavy atom. The summed E-state index contributed by atoms with van der Waals surface area (Å²) in [6.07, 6.45) is 0. The van der Waals surface area contributed by atoms with Crippen molar-refractivity contribution in [2.45, 2.75) is 13.8 Å². The number of hydrogen-bond acceptors (Lipinski definition) is 1. The first-order chi connectivity index (χ1) is 9.40. The molecule has 0 heterocycles. The second kappa shape index (κ2) is 6.58. The van der Waals surface area contributed by atoms with Crippen LogP contribution < -0.4 is 5.32 Å². The first-order valence-corrected chi connectivity index (χ1v) is 8.58. The number of rotatable bonds is 2. The molecule has 2 rings (SSSR count). The van der Waals surface area contributed by atoms with Gasteiger partial charge in [0.25, 0.3) is 5.91 Å². The number of benzene rings is 2. The van der Waals surface area contributed by atoms with Crippen molar-refractivity contribution in [2.24, 2.45) is 0 Å². The fraction of sp³-hybridized carbons (Fsp3) is 0.133. The molecule has 5 heteroatoms. The Morgan fingerprint density at radius 3 is 2.35 bits per heavy atom. The fourth-order valence-electron chi connectivity index (χ4n) is 1.82. The summed E-state index contributed by atoms with van der Waals surface area (Å²) >= 11 is 9.17. The van der Waals surface area contributed by atoms with Crippen LogP contribution >= 0.6 is 54.5 Å². The molecule has 1 N–H and O–H groups in total. The van der Waals surface area contributed by atoms with Crippen molar-refractivity contribution < 1.29 is 4.79 Å². The predicted molar refractivity (Wildman–Crippen MR) is 98.4 cm³/mol. The molecule has 104 valence electrons. The molecule has 0 aromatic heterocycles. The van der Waals surface area contributed by atoms with Gasteiger partial charge in [-0.1, -0.05) is 12.1 Å². The molecule has 0 bridgehead atoms. The Bertz CT molecular complexity index is 663. The normalized spacial score (nSPS) is 10.4. The van der Waals surface area contributed by atoms with E-state index in [1.165, 1.54) is 0 Å². The van der Waals surface area contributed by atoms with Crippen LogP contribution in [0.15, 0.2) is 39.3 Å². The Balaban J connectivity index is 2.36. The van der Waals surface area contributed by atoms with Crippen LogP contribution in [0.2, 0.25) is 0 Å². The van der Waals surface area contributed by atoms with Crippen LogP contribution in [-0.2, 0) is 0 Å². The number of anilines is 1. The second-order valence-corrected chi connectivity index (χ2v) is 7.28. The van der Waals surface area contributed by atoms with E-state index in [-0.39, 0.29) is 5.91 Å². The van der Waals surface area contributed by atoms with Crippen LogP contribution in [0.25, 0.3) is 0 Å². The summed E-state index contributed by atoms with van der Waals surface area (Å²) in [7, 11) is 0. The minimum atomic E-state index is -0.108. The number of halogens is 3. The molecule has 0 aliphatic rings. The van der Waals surface area contributed by atoms with Gasteiger partial charge in [-0.3, -0.25) is 4.79 Å². The molecule has 0 unspecified atom stereocenters. The zero-order valence-electron chi connectivity index (χ0n) is 10.9. The molecule has 0 aliphatic heterocycles. The van der Waals surface area contributed by atoms with Crippen molar-refractivity contribution >= 4 is 66.0 Å². The van der Waals surface area contributed by atoms with E-state index in [1.807, 2.05) is 44.2 Å². The molecular weight excluding hydrogens is 497 g/mol. The molecule has 1 amide bonds.